The molecule has 24 atom stereocenters. The van der Waals surface area contributed by atoms with Crippen molar-refractivity contribution in [3.63, 3.8) is 0 Å². The fourth-order valence-electron chi connectivity index (χ4n) is 10.1. The van der Waals surface area contributed by atoms with Crippen LogP contribution in [-0.2, 0) is 47.5 Å². The number of carbonyl (C=O) groups excluding carboxylic acids is 4. The lowest BCUT2D eigenvalue weighted by atomic mass is 9.86. The summed E-state index contributed by atoms with van der Waals surface area (Å²) in [6.45, 7) is 12.1. The molecule has 90 heavy (non-hydrogen) atoms. The molecule has 4 rings (SSSR count). The van der Waals surface area contributed by atoms with E-state index in [0.717, 1.165) is 0 Å². The Kier molecular flexibility index (Phi) is 33.2. The van der Waals surface area contributed by atoms with Gasteiger partial charge in [-0.15, -0.1) is 0 Å². The number of ether oxygens (including phenoxy) is 8. The van der Waals surface area contributed by atoms with Gasteiger partial charge in [0.1, 0.15) is 62.0 Å². The largest absolute Gasteiger partial charge is 0.508 e. The molecule has 0 radical (unpaired) electrons. The van der Waals surface area contributed by atoms with Crippen molar-refractivity contribution in [3.8, 4) is 0 Å². The van der Waals surface area contributed by atoms with Crippen molar-refractivity contribution in [3.05, 3.63) is 110 Å². The molecule has 29 heteroatoms. The molecular weight excluding hydrogens is 1190 g/mol. The van der Waals surface area contributed by atoms with E-state index in [0.29, 0.717) is 0 Å². The minimum atomic E-state index is -2.59. The maximum absolute atomic E-state index is 13.9. The molecule has 2 unspecified atom stereocenters. The van der Waals surface area contributed by atoms with Gasteiger partial charge in [0.25, 0.3) is 0 Å². The van der Waals surface area contributed by atoms with Crippen LogP contribution < -0.4 is 16.1 Å². The highest BCUT2D eigenvalue weighted by Crippen LogP contribution is 2.37. The van der Waals surface area contributed by atoms with Gasteiger partial charge in [-0.2, -0.15) is 0 Å². The topological polar surface area (TPSA) is 450 Å². The Morgan fingerprint density at radius 2 is 1.24 bits per heavy atom. The quantitative estimate of drug-likeness (QED) is 0.0517. The van der Waals surface area contributed by atoms with Crippen molar-refractivity contribution in [2.45, 2.75) is 213 Å². The van der Waals surface area contributed by atoms with Crippen LogP contribution in [0.4, 0.5) is 14.4 Å². The Hall–Kier alpha value is -5.78. The first-order valence-electron chi connectivity index (χ1n) is 29.8. The smallest absolute Gasteiger partial charge is 0.462 e. The van der Waals surface area contributed by atoms with Gasteiger partial charge in [-0.1, -0.05) is 124 Å². The van der Waals surface area contributed by atoms with Crippen LogP contribution in [0.5, 0.6) is 0 Å². The number of hydrogen-bond donors (Lipinski definition) is 16. The number of aliphatic hydroxyl groups excluding tert-OH is 12. The molecule has 3 saturated heterocycles. The zero-order valence-electron chi connectivity index (χ0n) is 50.8. The van der Waals surface area contributed by atoms with Gasteiger partial charge < -0.3 is 115 Å². The standard InChI is InChI=1S/C61H93N3O26/c1-7-25-82-59(79)63-49-51(73)37(6)85-56(53(49)75)86-41-22-20-18-16-14-12-10-9-11-13-15-17-19-21-34(3)50(72)35(4)36(5)84-47(71)29-39(67)27-38(66)23-24-42(69)43(70)28-40(68)31-61(81)32-45(88-60(80)83-26-8-2)48(44(30-41)89-61)62-58(78)64-90-57-55(77)54(76)52(74)46(33-65)87-57/h7-22,34-46,48-57,65-70,72-77,81H,1-2,23-33H2,3-6H3,(H,63,79)(H2,62,64,78)/b10-9+,13-11+,14-12+,17-15+,18-16+,21-19+,22-20+/t34-,35-,36-,37+,38+,39+,40-,41-,42+,43+,44-,45-,46?,48-,49-,50+,51+,52+,53-,54?,55-,56-,57-,61+/m0/s1. The number of hydrogen-bond acceptors (Lipinski definition) is 26. The number of allylic oxidation sites excluding steroid dienone is 12. The molecule has 0 spiro atoms. The van der Waals surface area contributed by atoms with Crippen molar-refractivity contribution in [1.29, 1.82) is 0 Å². The number of fused-ring (bicyclic) bond motifs is 2. The number of nitrogens with one attached hydrogen (secondary N) is 3. The van der Waals surface area contributed by atoms with Crippen LogP contribution in [0.15, 0.2) is 110 Å². The Bertz CT molecular complexity index is 2440. The normalized spacial score (nSPS) is 40.9. The summed E-state index contributed by atoms with van der Waals surface area (Å²) in [5, 5.41) is 147. The van der Waals surface area contributed by atoms with Crippen LogP contribution in [0, 0.1) is 11.8 Å². The van der Waals surface area contributed by atoms with Gasteiger partial charge in [-0.3, -0.25) is 4.79 Å². The minimum Gasteiger partial charge on any atom is -0.462 e. The van der Waals surface area contributed by atoms with Gasteiger partial charge in [-0.05, 0) is 33.1 Å². The SMILES string of the molecule is C=CCOC(=O)N[C@@H]1[C@H](O)[C@H](O[C@H]2/C=C/C=C/C=C/C=C/C=C/C=C/C=C/[C@H](C)[C@@H](O)[C@@H](C)[C@H](C)OC(=O)C[C@H](O)C[C@H](O)CC[C@@H](O)[C@H](O)C[C@H](O)C[C@]3(O)C[C@H](OC(=O)OCC=C)[C@@H](NC(=O)NO[C@@H]4OC(CO)[C@@H](O)C(O)[C@@H]4O)[C@H](C2)O3)O[C@H](C)[C@H]1O. The summed E-state index contributed by atoms with van der Waals surface area (Å²) in [4.78, 5) is 58.0. The molecule has 0 aromatic heterocycles. The summed E-state index contributed by atoms with van der Waals surface area (Å²) >= 11 is 0. The van der Waals surface area contributed by atoms with E-state index in [4.69, 9.17) is 42.7 Å². The average molecular weight is 1280 g/mol. The molecule has 0 aliphatic carbocycles. The van der Waals surface area contributed by atoms with E-state index in [2.05, 4.69) is 23.8 Å². The lowest BCUT2D eigenvalue weighted by Gasteiger charge is -2.47. The highest BCUT2D eigenvalue weighted by Gasteiger charge is 2.52. The summed E-state index contributed by atoms with van der Waals surface area (Å²) in [6.07, 6.45) is -9.82. The number of hydroxylamine groups is 1. The maximum Gasteiger partial charge on any atom is 0.508 e. The second-order valence-corrected chi connectivity index (χ2v) is 22.5. The molecular formula is C61H93N3O26. The third-order valence-corrected chi connectivity index (χ3v) is 15.3. The van der Waals surface area contributed by atoms with Crippen LogP contribution in [0.1, 0.15) is 79.1 Å². The molecule has 29 nitrogen and oxygen atoms in total. The zero-order chi connectivity index (χ0) is 66.7. The fourth-order valence-corrected chi connectivity index (χ4v) is 10.1. The predicted molar refractivity (Wildman–Crippen MR) is 317 cm³/mol. The number of rotatable bonds is 12. The average Bonchev–Trinajstić information content (AvgIpc) is 0.945. The number of carbonyl (C=O) groups is 4. The summed E-state index contributed by atoms with van der Waals surface area (Å²) in [5.74, 6) is -4.22. The monoisotopic (exact) mass is 1280 g/mol. The van der Waals surface area contributed by atoms with E-state index in [-0.39, 0.29) is 38.4 Å². The van der Waals surface area contributed by atoms with Crippen LogP contribution in [0.3, 0.4) is 0 Å². The van der Waals surface area contributed by atoms with E-state index in [1.807, 2.05) is 5.48 Å². The molecule has 0 aromatic rings. The molecule has 2 bridgehead atoms. The number of urea groups is 1. The van der Waals surface area contributed by atoms with Gasteiger partial charge >= 0.3 is 24.2 Å². The molecule has 4 aliphatic rings. The number of esters is 1. The molecule has 4 aliphatic heterocycles. The Labute approximate surface area is 522 Å². The third kappa shape index (κ3) is 25.4. The predicted octanol–water partition coefficient (Wildman–Crippen LogP) is -0.289. The van der Waals surface area contributed by atoms with Crippen LogP contribution in [0.25, 0.3) is 0 Å². The molecule has 3 fully saturated rings. The Morgan fingerprint density at radius 1 is 0.633 bits per heavy atom. The van der Waals surface area contributed by atoms with E-state index in [9.17, 15) is 85.6 Å². The first-order valence-corrected chi connectivity index (χ1v) is 29.8. The maximum atomic E-state index is 13.9. The van der Waals surface area contributed by atoms with Crippen molar-refractivity contribution < 1.29 is 128 Å². The highest BCUT2D eigenvalue weighted by molar-refractivity contribution is 5.73. The molecule has 508 valence electrons. The van der Waals surface area contributed by atoms with Crippen molar-refractivity contribution in [1.82, 2.24) is 16.1 Å². The van der Waals surface area contributed by atoms with E-state index < -0.39 is 203 Å². The van der Waals surface area contributed by atoms with Crippen LogP contribution in [-0.4, -0.2) is 245 Å². The fraction of sp³-hybridized carbons (Fsp3) is 0.639. The Balaban J connectivity index is 1.78. The van der Waals surface area contributed by atoms with Crippen LogP contribution >= 0.6 is 0 Å². The second-order valence-electron chi connectivity index (χ2n) is 22.5. The molecule has 3 amide bonds. The highest BCUT2D eigenvalue weighted by atomic mass is 16.8. The van der Waals surface area contributed by atoms with E-state index >= 15 is 0 Å². The molecule has 16 N–H and O–H groups in total. The summed E-state index contributed by atoms with van der Waals surface area (Å²) in [5.41, 5.74) is 1.96. The number of amides is 3. The van der Waals surface area contributed by atoms with Gasteiger partial charge in [0.15, 0.2) is 12.1 Å². The van der Waals surface area contributed by atoms with Crippen molar-refractivity contribution in [2.24, 2.45) is 11.8 Å². The van der Waals surface area contributed by atoms with Gasteiger partial charge in [-0.25, -0.2) is 24.7 Å². The second kappa shape index (κ2) is 38.9. The summed E-state index contributed by atoms with van der Waals surface area (Å²) < 4.78 is 45.3. The van der Waals surface area contributed by atoms with E-state index in [1.54, 1.807) is 93.7 Å². The van der Waals surface area contributed by atoms with Gasteiger partial charge in [0.05, 0.1) is 80.0 Å². The molecule has 4 heterocycles. The lowest BCUT2D eigenvalue weighted by molar-refractivity contribution is -0.312. The van der Waals surface area contributed by atoms with Crippen molar-refractivity contribution >= 4 is 24.2 Å². The third-order valence-electron chi connectivity index (χ3n) is 15.3. The first-order chi connectivity index (χ1) is 42.7. The zero-order valence-corrected chi connectivity index (χ0v) is 50.8. The van der Waals surface area contributed by atoms with Crippen molar-refractivity contribution in [2.75, 3.05) is 19.8 Å². The number of alkyl carbamates (subject to hydrolysis) is 1. The molecule has 0 saturated carbocycles. The van der Waals surface area contributed by atoms with E-state index in [1.165, 1.54) is 31.2 Å². The number of aliphatic hydroxyl groups is 13. The first kappa shape index (κ1) is 76.7. The van der Waals surface area contributed by atoms with Gasteiger partial charge in [0.2, 0.25) is 6.29 Å². The number of cyclic esters (lactones) is 1. The minimum absolute atomic E-state index is 0.203. The van der Waals surface area contributed by atoms with Gasteiger partial charge in [0, 0.05) is 37.5 Å². The van der Waals surface area contributed by atoms with Crippen LogP contribution in [0.2, 0.25) is 0 Å². The Morgan fingerprint density at radius 3 is 1.87 bits per heavy atom. The summed E-state index contributed by atoms with van der Waals surface area (Å²) in [7, 11) is 0. The lowest BCUT2D eigenvalue weighted by Crippen LogP contribution is -2.65. The molecule has 0 aromatic carbocycles. The summed E-state index contributed by atoms with van der Waals surface area (Å²) in [6, 6.07) is -4.39.